The van der Waals surface area contributed by atoms with Crippen LogP contribution in [0.3, 0.4) is 0 Å². The van der Waals surface area contributed by atoms with Crippen LogP contribution in [0.5, 0.6) is 0 Å². The highest BCUT2D eigenvalue weighted by atomic mass is 19.1. The number of aliphatic hydroxyl groups is 1. The number of benzene rings is 2. The van der Waals surface area contributed by atoms with Gasteiger partial charge < -0.3 is 10.4 Å². The Hall–Kier alpha value is -1.78. The van der Waals surface area contributed by atoms with Gasteiger partial charge in [-0.3, -0.25) is 0 Å². The molecule has 4 heteroatoms. The lowest BCUT2D eigenvalue weighted by molar-refractivity contribution is 0.240. The Balaban J connectivity index is 2.08. The lowest BCUT2D eigenvalue weighted by atomic mass is 10.1. The van der Waals surface area contributed by atoms with Gasteiger partial charge in [0, 0.05) is 18.2 Å². The van der Waals surface area contributed by atoms with Gasteiger partial charge in [0.2, 0.25) is 0 Å². The molecule has 2 aromatic carbocycles. The Labute approximate surface area is 110 Å². The molecule has 0 spiro atoms. The minimum absolute atomic E-state index is 0.255. The van der Waals surface area contributed by atoms with Crippen molar-refractivity contribution in [3.8, 4) is 0 Å². The predicted molar refractivity (Wildman–Crippen MR) is 69.5 cm³/mol. The van der Waals surface area contributed by atoms with Crippen LogP contribution in [0.1, 0.15) is 17.2 Å². The van der Waals surface area contributed by atoms with Gasteiger partial charge in [0.25, 0.3) is 0 Å². The summed E-state index contributed by atoms with van der Waals surface area (Å²) in [6.07, 6.45) is 0. The van der Waals surface area contributed by atoms with Crippen molar-refractivity contribution in [2.75, 3.05) is 6.61 Å². The van der Waals surface area contributed by atoms with Crippen LogP contribution in [-0.2, 0) is 6.54 Å². The molecule has 0 aliphatic rings. The molecule has 0 heterocycles. The summed E-state index contributed by atoms with van der Waals surface area (Å²) in [5, 5.41) is 12.4. The second kappa shape index (κ2) is 6.41. The summed E-state index contributed by atoms with van der Waals surface area (Å²) in [4.78, 5) is 0. The first-order valence-electron chi connectivity index (χ1n) is 6.04. The van der Waals surface area contributed by atoms with E-state index in [1.165, 1.54) is 12.1 Å². The van der Waals surface area contributed by atoms with Gasteiger partial charge in [0.05, 0.1) is 12.6 Å². The maximum absolute atomic E-state index is 13.6. The fourth-order valence-corrected chi connectivity index (χ4v) is 1.89. The lowest BCUT2D eigenvalue weighted by Crippen LogP contribution is -2.25. The second-order valence-corrected chi connectivity index (χ2v) is 4.27. The normalized spacial score (nSPS) is 12.4. The third-order valence-corrected chi connectivity index (χ3v) is 2.92. The van der Waals surface area contributed by atoms with Crippen molar-refractivity contribution >= 4 is 0 Å². The molecule has 19 heavy (non-hydrogen) atoms. The number of nitrogens with one attached hydrogen (secondary N) is 1. The highest BCUT2D eigenvalue weighted by Gasteiger charge is 2.14. The van der Waals surface area contributed by atoms with Gasteiger partial charge in [0.1, 0.15) is 11.6 Å². The van der Waals surface area contributed by atoms with Crippen LogP contribution in [-0.4, -0.2) is 11.7 Å². The number of hydrogen-bond donors (Lipinski definition) is 2. The fraction of sp³-hybridized carbons (Fsp3) is 0.200. The second-order valence-electron chi connectivity index (χ2n) is 4.27. The zero-order valence-electron chi connectivity index (χ0n) is 10.3. The van der Waals surface area contributed by atoms with E-state index in [2.05, 4.69) is 5.32 Å². The topological polar surface area (TPSA) is 32.3 Å². The highest BCUT2D eigenvalue weighted by molar-refractivity contribution is 5.23. The molecular formula is C15H15F2NO. The zero-order valence-corrected chi connectivity index (χ0v) is 10.3. The Kier molecular flexibility index (Phi) is 4.60. The standard InChI is InChI=1S/C15H15F2NO/c16-12-6-7-13(14(17)8-12)15(10-19)18-9-11-4-2-1-3-5-11/h1-8,15,18-19H,9-10H2. The van der Waals surface area contributed by atoms with Crippen LogP contribution in [0.4, 0.5) is 8.78 Å². The molecular weight excluding hydrogens is 248 g/mol. The fourth-order valence-electron chi connectivity index (χ4n) is 1.89. The molecule has 2 N–H and O–H groups in total. The molecule has 0 bridgehead atoms. The van der Waals surface area contributed by atoms with Gasteiger partial charge in [-0.2, -0.15) is 0 Å². The third kappa shape index (κ3) is 3.59. The molecule has 1 atom stereocenters. The van der Waals surface area contributed by atoms with Crippen molar-refractivity contribution in [1.82, 2.24) is 5.32 Å². The van der Waals surface area contributed by atoms with E-state index in [0.717, 1.165) is 11.6 Å². The number of hydrogen-bond acceptors (Lipinski definition) is 2. The van der Waals surface area contributed by atoms with Crippen LogP contribution in [0.2, 0.25) is 0 Å². The summed E-state index contributed by atoms with van der Waals surface area (Å²) in [6.45, 7) is 0.248. The first kappa shape index (κ1) is 13.6. The summed E-state index contributed by atoms with van der Waals surface area (Å²) in [7, 11) is 0. The van der Waals surface area contributed by atoms with Crippen LogP contribution in [0, 0.1) is 11.6 Å². The van der Waals surface area contributed by atoms with Crippen LogP contribution in [0.15, 0.2) is 48.5 Å². The maximum atomic E-state index is 13.6. The summed E-state index contributed by atoms with van der Waals surface area (Å²) in [5.74, 6) is -1.28. The van der Waals surface area contributed by atoms with E-state index >= 15 is 0 Å². The van der Waals surface area contributed by atoms with Crippen molar-refractivity contribution in [3.05, 3.63) is 71.3 Å². The van der Waals surface area contributed by atoms with Gasteiger partial charge in [-0.25, -0.2) is 8.78 Å². The molecule has 0 saturated heterocycles. The number of halogens is 2. The van der Waals surface area contributed by atoms with Gasteiger partial charge in [-0.15, -0.1) is 0 Å². The van der Waals surface area contributed by atoms with Gasteiger partial charge in [-0.05, 0) is 11.6 Å². The molecule has 100 valence electrons. The molecule has 0 aliphatic heterocycles. The van der Waals surface area contributed by atoms with Crippen LogP contribution >= 0.6 is 0 Å². The van der Waals surface area contributed by atoms with Gasteiger partial charge in [-0.1, -0.05) is 36.4 Å². The van der Waals surface area contributed by atoms with Crippen molar-refractivity contribution in [2.24, 2.45) is 0 Å². The van der Waals surface area contributed by atoms with Crippen LogP contribution in [0.25, 0.3) is 0 Å². The Morgan fingerprint density at radius 2 is 1.79 bits per heavy atom. The quantitative estimate of drug-likeness (QED) is 0.869. The molecule has 0 aliphatic carbocycles. The first-order chi connectivity index (χ1) is 9.20. The van der Waals surface area contributed by atoms with E-state index in [0.29, 0.717) is 6.54 Å². The average molecular weight is 263 g/mol. The average Bonchev–Trinajstić information content (AvgIpc) is 2.42. The van der Waals surface area contributed by atoms with Gasteiger partial charge >= 0.3 is 0 Å². The number of aliphatic hydroxyl groups excluding tert-OH is 1. The molecule has 1 unspecified atom stereocenters. The summed E-state index contributed by atoms with van der Waals surface area (Å²) < 4.78 is 26.5. The lowest BCUT2D eigenvalue weighted by Gasteiger charge is -2.17. The monoisotopic (exact) mass is 263 g/mol. The maximum Gasteiger partial charge on any atom is 0.130 e. The summed E-state index contributed by atoms with van der Waals surface area (Å²) >= 11 is 0. The molecule has 0 aromatic heterocycles. The zero-order chi connectivity index (χ0) is 13.7. The first-order valence-corrected chi connectivity index (χ1v) is 6.04. The molecule has 0 saturated carbocycles. The molecule has 0 amide bonds. The van der Waals surface area contributed by atoms with Crippen molar-refractivity contribution in [3.63, 3.8) is 0 Å². The third-order valence-electron chi connectivity index (χ3n) is 2.92. The van der Waals surface area contributed by atoms with Crippen molar-refractivity contribution in [1.29, 1.82) is 0 Å². The predicted octanol–water partition coefficient (Wildman–Crippen LogP) is 2.79. The van der Waals surface area contributed by atoms with Crippen LogP contribution < -0.4 is 5.32 Å². The molecule has 2 nitrogen and oxygen atoms in total. The summed E-state index contributed by atoms with van der Waals surface area (Å²) in [6, 6.07) is 12.4. The molecule has 2 rings (SSSR count). The van der Waals surface area contributed by atoms with E-state index in [4.69, 9.17) is 0 Å². The minimum atomic E-state index is -0.653. The minimum Gasteiger partial charge on any atom is -0.394 e. The summed E-state index contributed by atoms with van der Waals surface area (Å²) in [5.41, 5.74) is 1.29. The number of rotatable bonds is 5. The Morgan fingerprint density at radius 1 is 1.05 bits per heavy atom. The molecule has 2 aromatic rings. The Morgan fingerprint density at radius 3 is 2.42 bits per heavy atom. The molecule has 0 radical (unpaired) electrons. The largest absolute Gasteiger partial charge is 0.394 e. The highest BCUT2D eigenvalue weighted by Crippen LogP contribution is 2.18. The Bertz CT molecular complexity index is 531. The van der Waals surface area contributed by atoms with E-state index in [-0.39, 0.29) is 12.2 Å². The molecule has 0 fully saturated rings. The van der Waals surface area contributed by atoms with E-state index in [1.54, 1.807) is 0 Å². The van der Waals surface area contributed by atoms with E-state index in [9.17, 15) is 13.9 Å². The van der Waals surface area contributed by atoms with Crippen molar-refractivity contribution in [2.45, 2.75) is 12.6 Å². The smallest absolute Gasteiger partial charge is 0.130 e. The van der Waals surface area contributed by atoms with E-state index in [1.807, 2.05) is 30.3 Å². The van der Waals surface area contributed by atoms with Crippen molar-refractivity contribution < 1.29 is 13.9 Å². The van der Waals surface area contributed by atoms with Gasteiger partial charge in [0.15, 0.2) is 0 Å². The SMILES string of the molecule is OCC(NCc1ccccc1)c1ccc(F)cc1F. The van der Waals surface area contributed by atoms with E-state index < -0.39 is 17.7 Å².